The van der Waals surface area contributed by atoms with E-state index in [1.807, 2.05) is 25.2 Å². The highest BCUT2D eigenvalue weighted by atomic mass is 35.5. The molecule has 2 N–H and O–H groups in total. The summed E-state index contributed by atoms with van der Waals surface area (Å²) in [6.07, 6.45) is 0. The first kappa shape index (κ1) is 13.9. The third-order valence-electron chi connectivity index (χ3n) is 3.37. The lowest BCUT2D eigenvalue weighted by Gasteiger charge is -2.25. The predicted molar refractivity (Wildman–Crippen MR) is 83.3 cm³/mol. The quantitative estimate of drug-likeness (QED) is 0.910. The second-order valence-electron chi connectivity index (χ2n) is 4.79. The fourth-order valence-corrected chi connectivity index (χ4v) is 2.62. The van der Waals surface area contributed by atoms with Gasteiger partial charge in [0.05, 0.1) is 0 Å². The summed E-state index contributed by atoms with van der Waals surface area (Å²) in [4.78, 5) is 2.14. The first-order valence-electron chi connectivity index (χ1n) is 6.33. The van der Waals surface area contributed by atoms with Crippen molar-refractivity contribution in [3.8, 4) is 0 Å². The normalized spacial score (nSPS) is 10.6. The first-order chi connectivity index (χ1) is 9.04. The molecule has 0 unspecified atom stereocenters. The van der Waals surface area contributed by atoms with Gasteiger partial charge in [-0.3, -0.25) is 0 Å². The lowest BCUT2D eigenvalue weighted by molar-refractivity contribution is 1.04. The molecule has 0 aliphatic carbocycles. The Hall–Kier alpha value is -1.51. The number of rotatable bonds is 3. The van der Waals surface area contributed by atoms with Crippen molar-refractivity contribution in [1.82, 2.24) is 0 Å². The summed E-state index contributed by atoms with van der Waals surface area (Å²) >= 11 is 6.22. The molecule has 0 atom stereocenters. The van der Waals surface area contributed by atoms with Gasteiger partial charge in [-0.25, -0.2) is 0 Å². The van der Waals surface area contributed by atoms with Crippen LogP contribution in [-0.4, -0.2) is 7.05 Å². The van der Waals surface area contributed by atoms with Gasteiger partial charge >= 0.3 is 0 Å². The van der Waals surface area contributed by atoms with Gasteiger partial charge in [0.25, 0.3) is 0 Å². The average Bonchev–Trinajstić information content (AvgIpc) is 2.37. The van der Waals surface area contributed by atoms with Crippen LogP contribution in [0.25, 0.3) is 0 Å². The Bertz CT molecular complexity index is 593. The molecular formula is C16H19ClN2. The molecule has 0 bridgehead atoms. The third-order valence-corrected chi connectivity index (χ3v) is 3.73. The van der Waals surface area contributed by atoms with Crippen LogP contribution in [-0.2, 0) is 6.54 Å². The van der Waals surface area contributed by atoms with Crippen LogP contribution < -0.4 is 10.6 Å². The molecule has 0 aliphatic rings. The Morgan fingerprint density at radius 2 is 1.84 bits per heavy atom. The molecule has 19 heavy (non-hydrogen) atoms. The van der Waals surface area contributed by atoms with Gasteiger partial charge < -0.3 is 10.6 Å². The maximum absolute atomic E-state index is 6.22. The number of aryl methyl sites for hydroxylation is 2. The highest BCUT2D eigenvalue weighted by Crippen LogP contribution is 2.32. The first-order valence-corrected chi connectivity index (χ1v) is 6.71. The number of anilines is 2. The van der Waals surface area contributed by atoms with Crippen molar-refractivity contribution in [3.05, 3.63) is 58.1 Å². The minimum absolute atomic E-state index is 0.435. The summed E-state index contributed by atoms with van der Waals surface area (Å²) < 4.78 is 0. The SMILES string of the molecule is Cc1ccc(N(C)c2cccc(Cl)c2CN)c(C)c1. The number of halogens is 1. The van der Waals surface area contributed by atoms with Crippen LogP contribution >= 0.6 is 11.6 Å². The molecule has 0 amide bonds. The molecule has 0 heterocycles. The topological polar surface area (TPSA) is 29.3 Å². The van der Waals surface area contributed by atoms with E-state index in [4.69, 9.17) is 17.3 Å². The van der Waals surface area contributed by atoms with E-state index < -0.39 is 0 Å². The Morgan fingerprint density at radius 1 is 1.11 bits per heavy atom. The van der Waals surface area contributed by atoms with E-state index in [2.05, 4.69) is 36.9 Å². The fraction of sp³-hybridized carbons (Fsp3) is 0.250. The van der Waals surface area contributed by atoms with E-state index >= 15 is 0 Å². The highest BCUT2D eigenvalue weighted by molar-refractivity contribution is 6.31. The molecule has 2 aromatic carbocycles. The number of hydrogen-bond acceptors (Lipinski definition) is 2. The van der Waals surface area contributed by atoms with E-state index in [1.54, 1.807) is 0 Å². The van der Waals surface area contributed by atoms with E-state index in [-0.39, 0.29) is 0 Å². The highest BCUT2D eigenvalue weighted by Gasteiger charge is 2.12. The minimum atomic E-state index is 0.435. The molecule has 0 radical (unpaired) electrons. The molecule has 0 fully saturated rings. The smallest absolute Gasteiger partial charge is 0.0471 e. The van der Waals surface area contributed by atoms with Gasteiger partial charge in [-0.2, -0.15) is 0 Å². The summed E-state index contributed by atoms with van der Waals surface area (Å²) in [5.41, 5.74) is 11.5. The van der Waals surface area contributed by atoms with Crippen molar-refractivity contribution >= 4 is 23.0 Å². The Labute approximate surface area is 119 Å². The summed E-state index contributed by atoms with van der Waals surface area (Å²) in [5.74, 6) is 0. The minimum Gasteiger partial charge on any atom is -0.344 e. The van der Waals surface area contributed by atoms with Gasteiger partial charge in [-0.15, -0.1) is 0 Å². The molecule has 2 aromatic rings. The fourth-order valence-electron chi connectivity index (χ4n) is 2.38. The van der Waals surface area contributed by atoms with E-state index in [9.17, 15) is 0 Å². The van der Waals surface area contributed by atoms with E-state index in [0.717, 1.165) is 16.3 Å². The molecular weight excluding hydrogens is 256 g/mol. The molecule has 0 aliphatic heterocycles. The second kappa shape index (κ2) is 5.64. The van der Waals surface area contributed by atoms with Gasteiger partial charge in [0.2, 0.25) is 0 Å². The van der Waals surface area contributed by atoms with Gasteiger partial charge in [0, 0.05) is 35.6 Å². The average molecular weight is 275 g/mol. The molecule has 0 aromatic heterocycles. The molecule has 2 rings (SSSR count). The van der Waals surface area contributed by atoms with Crippen LogP contribution in [0.15, 0.2) is 36.4 Å². The largest absolute Gasteiger partial charge is 0.344 e. The molecule has 2 nitrogen and oxygen atoms in total. The summed E-state index contributed by atoms with van der Waals surface area (Å²) in [5, 5.41) is 0.719. The van der Waals surface area contributed by atoms with Crippen LogP contribution in [0.3, 0.4) is 0 Å². The second-order valence-corrected chi connectivity index (χ2v) is 5.20. The number of hydrogen-bond donors (Lipinski definition) is 1. The Balaban J connectivity index is 2.50. The van der Waals surface area contributed by atoms with Gasteiger partial charge in [-0.05, 0) is 37.6 Å². The maximum Gasteiger partial charge on any atom is 0.0471 e. The van der Waals surface area contributed by atoms with Gasteiger partial charge in [-0.1, -0.05) is 35.4 Å². The lowest BCUT2D eigenvalue weighted by atomic mass is 10.1. The van der Waals surface area contributed by atoms with Crippen LogP contribution in [0.5, 0.6) is 0 Å². The molecule has 0 spiro atoms. The number of nitrogens with two attached hydrogens (primary N) is 1. The zero-order chi connectivity index (χ0) is 14.0. The van der Waals surface area contributed by atoms with E-state index in [0.29, 0.717) is 6.54 Å². The monoisotopic (exact) mass is 274 g/mol. The van der Waals surface area contributed by atoms with Crippen LogP contribution in [0.1, 0.15) is 16.7 Å². The molecule has 3 heteroatoms. The summed E-state index contributed by atoms with van der Waals surface area (Å²) in [6.45, 7) is 4.65. The van der Waals surface area contributed by atoms with Gasteiger partial charge in [0.15, 0.2) is 0 Å². The molecule has 0 saturated heterocycles. The van der Waals surface area contributed by atoms with Crippen LogP contribution in [0.2, 0.25) is 5.02 Å². The maximum atomic E-state index is 6.22. The Morgan fingerprint density at radius 3 is 2.47 bits per heavy atom. The molecule has 100 valence electrons. The Kier molecular flexibility index (Phi) is 4.13. The lowest BCUT2D eigenvalue weighted by Crippen LogP contribution is -2.14. The van der Waals surface area contributed by atoms with Crippen molar-refractivity contribution in [2.45, 2.75) is 20.4 Å². The zero-order valence-corrected chi connectivity index (χ0v) is 12.3. The summed E-state index contributed by atoms with van der Waals surface area (Å²) in [6, 6.07) is 12.3. The standard InChI is InChI=1S/C16H19ClN2/c1-11-7-8-15(12(2)9-11)19(3)16-6-4-5-14(17)13(16)10-18/h4-9H,10,18H2,1-3H3. The van der Waals surface area contributed by atoms with Crippen molar-refractivity contribution in [2.75, 3.05) is 11.9 Å². The molecule has 0 saturated carbocycles. The van der Waals surface area contributed by atoms with Crippen molar-refractivity contribution in [2.24, 2.45) is 5.73 Å². The number of nitrogens with zero attached hydrogens (tertiary/aromatic N) is 1. The van der Waals surface area contributed by atoms with Crippen molar-refractivity contribution in [1.29, 1.82) is 0 Å². The number of benzene rings is 2. The summed E-state index contributed by atoms with van der Waals surface area (Å²) in [7, 11) is 2.04. The van der Waals surface area contributed by atoms with Crippen molar-refractivity contribution < 1.29 is 0 Å². The third kappa shape index (κ3) is 2.75. The zero-order valence-electron chi connectivity index (χ0n) is 11.6. The predicted octanol–water partition coefficient (Wildman–Crippen LogP) is 4.18. The van der Waals surface area contributed by atoms with Crippen LogP contribution in [0, 0.1) is 13.8 Å². The van der Waals surface area contributed by atoms with Gasteiger partial charge in [0.1, 0.15) is 0 Å². The van der Waals surface area contributed by atoms with E-state index in [1.165, 1.54) is 16.8 Å². The van der Waals surface area contributed by atoms with Crippen molar-refractivity contribution in [3.63, 3.8) is 0 Å². The van der Waals surface area contributed by atoms with Crippen LogP contribution in [0.4, 0.5) is 11.4 Å².